The van der Waals surface area contributed by atoms with E-state index in [2.05, 4.69) is 22.1 Å². The number of rotatable bonds is 3. The molecule has 1 heterocycles. The molecule has 26 heavy (non-hydrogen) atoms. The van der Waals surface area contributed by atoms with Gasteiger partial charge in [-0.1, -0.05) is 43.0 Å². The van der Waals surface area contributed by atoms with Gasteiger partial charge in [0.15, 0.2) is 0 Å². The van der Waals surface area contributed by atoms with Gasteiger partial charge < -0.3 is 5.32 Å². The molecule has 2 aromatic carbocycles. The van der Waals surface area contributed by atoms with Crippen LogP contribution in [0.5, 0.6) is 0 Å². The first-order valence-electron chi connectivity index (χ1n) is 8.45. The fourth-order valence-corrected chi connectivity index (χ4v) is 2.77. The zero-order valence-corrected chi connectivity index (χ0v) is 14.7. The van der Waals surface area contributed by atoms with E-state index in [4.69, 9.17) is 0 Å². The molecule has 5 heteroatoms. The molecule has 5 nitrogen and oxygen atoms in total. The van der Waals surface area contributed by atoms with Crippen molar-refractivity contribution in [3.05, 3.63) is 70.3 Å². The second-order valence-electron chi connectivity index (χ2n) is 5.77. The summed E-state index contributed by atoms with van der Waals surface area (Å²) in [6.07, 6.45) is 0.637. The first kappa shape index (κ1) is 17.4. The average Bonchev–Trinajstić information content (AvgIpc) is 2.65. The lowest BCUT2D eigenvalue weighted by molar-refractivity contribution is -0.118. The number of aromatic nitrogens is 2. The topological polar surface area (TPSA) is 64.0 Å². The Kier molecular flexibility index (Phi) is 5.14. The maximum Gasteiger partial charge on any atom is 0.267 e. The van der Waals surface area contributed by atoms with Crippen LogP contribution in [0.15, 0.2) is 53.3 Å². The molecule has 0 aliphatic rings. The van der Waals surface area contributed by atoms with Gasteiger partial charge in [-0.25, -0.2) is 4.98 Å². The van der Waals surface area contributed by atoms with Crippen molar-refractivity contribution in [2.24, 2.45) is 0 Å². The van der Waals surface area contributed by atoms with E-state index in [1.54, 1.807) is 10.6 Å². The molecule has 0 unspecified atom stereocenters. The van der Waals surface area contributed by atoms with Crippen molar-refractivity contribution in [3.8, 4) is 17.5 Å². The fraction of sp³-hybridized carbons (Fsp3) is 0.190. The zero-order chi connectivity index (χ0) is 18.5. The zero-order valence-electron chi connectivity index (χ0n) is 14.7. The number of carbonyl (C=O) groups is 1. The van der Waals surface area contributed by atoms with Crippen molar-refractivity contribution in [2.75, 3.05) is 6.54 Å². The van der Waals surface area contributed by atoms with Crippen LogP contribution in [0.2, 0.25) is 0 Å². The molecule has 0 aliphatic carbocycles. The van der Waals surface area contributed by atoms with Crippen molar-refractivity contribution < 1.29 is 4.79 Å². The van der Waals surface area contributed by atoms with Gasteiger partial charge in [0.25, 0.3) is 5.56 Å². The molecule has 3 aromatic rings. The van der Waals surface area contributed by atoms with Gasteiger partial charge in [-0.2, -0.15) is 0 Å². The molecule has 1 aromatic heterocycles. The molecule has 3 rings (SSSR count). The molecule has 0 aliphatic heterocycles. The number of nitrogens with zero attached hydrogens (tertiary/aromatic N) is 2. The van der Waals surface area contributed by atoms with Crippen LogP contribution in [0.25, 0.3) is 16.6 Å². The largest absolute Gasteiger partial charge is 0.345 e. The number of hydrogen-bond acceptors (Lipinski definition) is 3. The molecule has 1 amide bonds. The van der Waals surface area contributed by atoms with Crippen LogP contribution < -0.4 is 10.9 Å². The van der Waals surface area contributed by atoms with Crippen LogP contribution in [0.1, 0.15) is 25.2 Å². The van der Waals surface area contributed by atoms with E-state index in [0.717, 1.165) is 5.69 Å². The quantitative estimate of drug-likeness (QED) is 0.742. The van der Waals surface area contributed by atoms with E-state index in [0.29, 0.717) is 28.7 Å². The molecular weight excluding hydrogens is 326 g/mol. The van der Waals surface area contributed by atoms with E-state index < -0.39 is 0 Å². The Morgan fingerprint density at radius 1 is 1.15 bits per heavy atom. The van der Waals surface area contributed by atoms with Gasteiger partial charge in [0.05, 0.1) is 23.1 Å². The summed E-state index contributed by atoms with van der Waals surface area (Å²) < 4.78 is 1.64. The molecule has 130 valence electrons. The maximum absolute atomic E-state index is 13.3. The average molecular weight is 345 g/mol. The predicted octanol–water partition coefficient (Wildman–Crippen LogP) is 2.44. The van der Waals surface area contributed by atoms with Crippen LogP contribution in [0, 0.1) is 11.8 Å². The van der Waals surface area contributed by atoms with Gasteiger partial charge in [0.1, 0.15) is 5.82 Å². The number of fused-ring (bicyclic) bond motifs is 1. The minimum Gasteiger partial charge on any atom is -0.345 e. The Balaban J connectivity index is 2.21. The van der Waals surface area contributed by atoms with Crippen LogP contribution in [0.3, 0.4) is 0 Å². The molecule has 0 bridgehead atoms. The number of aryl methyl sites for hydroxylation is 1. The SMILES string of the molecule is CCc1nc2cccc(C#CCNC(C)=O)c2c(=O)n1-c1ccccc1. The lowest BCUT2D eigenvalue weighted by Gasteiger charge is -2.13. The summed E-state index contributed by atoms with van der Waals surface area (Å²) in [4.78, 5) is 28.9. The van der Waals surface area contributed by atoms with Gasteiger partial charge in [-0.05, 0) is 24.3 Å². The highest BCUT2D eigenvalue weighted by atomic mass is 16.1. The second kappa shape index (κ2) is 7.66. The summed E-state index contributed by atoms with van der Waals surface area (Å²) in [6.45, 7) is 3.65. The summed E-state index contributed by atoms with van der Waals surface area (Å²) in [5.41, 5.74) is 1.88. The predicted molar refractivity (Wildman–Crippen MR) is 102 cm³/mol. The molecule has 0 saturated heterocycles. The van der Waals surface area contributed by atoms with Gasteiger partial charge >= 0.3 is 0 Å². The summed E-state index contributed by atoms with van der Waals surface area (Å²) in [5, 5.41) is 3.11. The highest BCUT2D eigenvalue weighted by Gasteiger charge is 2.13. The highest BCUT2D eigenvalue weighted by molar-refractivity contribution is 5.84. The number of carbonyl (C=O) groups excluding carboxylic acids is 1. The van der Waals surface area contributed by atoms with Gasteiger partial charge in [0.2, 0.25) is 5.91 Å². The Morgan fingerprint density at radius 3 is 2.62 bits per heavy atom. The minimum absolute atomic E-state index is 0.137. The van der Waals surface area contributed by atoms with Crippen LogP contribution in [0.4, 0.5) is 0 Å². The van der Waals surface area contributed by atoms with Crippen LogP contribution in [-0.4, -0.2) is 22.0 Å². The van der Waals surface area contributed by atoms with Crippen molar-refractivity contribution in [3.63, 3.8) is 0 Å². The number of hydrogen-bond donors (Lipinski definition) is 1. The summed E-state index contributed by atoms with van der Waals surface area (Å²) in [5.74, 6) is 6.43. The smallest absolute Gasteiger partial charge is 0.267 e. The first-order chi connectivity index (χ1) is 12.6. The minimum atomic E-state index is -0.141. The molecule has 0 atom stereocenters. The molecule has 1 N–H and O–H groups in total. The standard InChI is InChI=1S/C21H19N3O2/c1-3-19-23-18-13-7-9-16(10-8-14-22-15(2)25)20(18)21(26)24(19)17-11-5-4-6-12-17/h4-7,9,11-13H,3,14H2,1-2H3,(H,22,25). The third-order valence-corrected chi connectivity index (χ3v) is 3.95. The van der Waals surface area contributed by atoms with E-state index in [9.17, 15) is 9.59 Å². The lowest BCUT2D eigenvalue weighted by atomic mass is 10.1. The van der Waals surface area contributed by atoms with Crippen molar-refractivity contribution >= 4 is 16.8 Å². The van der Waals surface area contributed by atoms with E-state index in [-0.39, 0.29) is 18.0 Å². The summed E-state index contributed by atoms with van der Waals surface area (Å²) in [7, 11) is 0. The van der Waals surface area contributed by atoms with Crippen LogP contribution in [-0.2, 0) is 11.2 Å². The number of para-hydroxylation sites is 1. The van der Waals surface area contributed by atoms with Crippen molar-refractivity contribution in [2.45, 2.75) is 20.3 Å². The highest BCUT2D eigenvalue weighted by Crippen LogP contribution is 2.16. The maximum atomic E-state index is 13.3. The number of amides is 1. The molecule has 0 radical (unpaired) electrons. The third kappa shape index (κ3) is 3.50. The number of benzene rings is 2. The normalized spacial score (nSPS) is 10.2. The lowest BCUT2D eigenvalue weighted by Crippen LogP contribution is -2.24. The van der Waals surface area contributed by atoms with Gasteiger partial charge in [0, 0.05) is 18.9 Å². The monoisotopic (exact) mass is 345 g/mol. The molecular formula is C21H19N3O2. The molecule has 0 saturated carbocycles. The van der Waals surface area contributed by atoms with Crippen molar-refractivity contribution in [1.29, 1.82) is 0 Å². The van der Waals surface area contributed by atoms with Gasteiger partial charge in [-0.15, -0.1) is 0 Å². The van der Waals surface area contributed by atoms with Crippen molar-refractivity contribution in [1.82, 2.24) is 14.9 Å². The third-order valence-electron chi connectivity index (χ3n) is 3.95. The molecule has 0 fully saturated rings. The Hall–Kier alpha value is -3.39. The first-order valence-corrected chi connectivity index (χ1v) is 8.45. The Labute approximate surface area is 151 Å². The van der Waals surface area contributed by atoms with E-state index in [1.165, 1.54) is 6.92 Å². The Bertz CT molecular complexity index is 1070. The second-order valence-corrected chi connectivity index (χ2v) is 5.77. The van der Waals surface area contributed by atoms with E-state index >= 15 is 0 Å². The molecule has 0 spiro atoms. The van der Waals surface area contributed by atoms with Gasteiger partial charge in [-0.3, -0.25) is 14.2 Å². The van der Waals surface area contributed by atoms with Crippen LogP contribution >= 0.6 is 0 Å². The Morgan fingerprint density at radius 2 is 1.92 bits per heavy atom. The summed E-state index contributed by atoms with van der Waals surface area (Å²) in [6, 6.07) is 14.9. The summed E-state index contributed by atoms with van der Waals surface area (Å²) >= 11 is 0. The fourth-order valence-electron chi connectivity index (χ4n) is 2.77. The number of nitrogens with one attached hydrogen (secondary N) is 1. The van der Waals surface area contributed by atoms with E-state index in [1.807, 2.05) is 49.4 Å².